The summed E-state index contributed by atoms with van der Waals surface area (Å²) in [6.45, 7) is 2.38. The number of rotatable bonds is 0. The van der Waals surface area contributed by atoms with Gasteiger partial charge in [0.15, 0.2) is 0 Å². The number of carbonyl (C=O) groups is 1. The highest BCUT2D eigenvalue weighted by Crippen LogP contribution is 2.19. The van der Waals surface area contributed by atoms with Crippen molar-refractivity contribution in [2.24, 2.45) is 0 Å². The summed E-state index contributed by atoms with van der Waals surface area (Å²) in [5.41, 5.74) is 4.98. The predicted molar refractivity (Wildman–Crippen MR) is 56.5 cm³/mol. The van der Waals surface area contributed by atoms with Crippen molar-refractivity contribution in [2.75, 3.05) is 13.1 Å². The van der Waals surface area contributed by atoms with E-state index in [0.717, 1.165) is 6.54 Å². The van der Waals surface area contributed by atoms with E-state index in [1.165, 1.54) is 44.3 Å². The fourth-order valence-electron chi connectivity index (χ4n) is 1.83. The molecule has 0 aromatic rings. The van der Waals surface area contributed by atoms with Gasteiger partial charge in [-0.15, -0.1) is 0 Å². The smallest absolute Gasteiger partial charge is 0.450 e. The van der Waals surface area contributed by atoms with Crippen molar-refractivity contribution in [2.45, 2.75) is 32.1 Å². The molecule has 15 heavy (non-hydrogen) atoms. The summed E-state index contributed by atoms with van der Waals surface area (Å²) >= 11 is 0. The van der Waals surface area contributed by atoms with Gasteiger partial charge in [0.05, 0.1) is 0 Å². The number of nitrogens with one attached hydrogen (secondary N) is 1. The van der Waals surface area contributed by atoms with Crippen LogP contribution in [0.15, 0.2) is 11.8 Å². The van der Waals surface area contributed by atoms with E-state index in [-0.39, 0.29) is 0 Å². The van der Waals surface area contributed by atoms with Gasteiger partial charge in [0.2, 0.25) is 0 Å². The third kappa shape index (κ3) is 4.69. The Bertz CT molecular complexity index is 237. The van der Waals surface area contributed by atoms with Gasteiger partial charge in [-0.3, -0.25) is 0 Å². The maximum absolute atomic E-state index is 8.56. The number of carboxylic acid groups (broad SMARTS) is 2. The van der Waals surface area contributed by atoms with E-state index < -0.39 is 6.16 Å². The minimum atomic E-state index is -1.83. The normalized spacial score (nSPS) is 20.3. The molecule has 3 N–H and O–H groups in total. The Hall–Kier alpha value is -1.23. The van der Waals surface area contributed by atoms with Gasteiger partial charge in [0.25, 0.3) is 0 Å². The Kier molecular flexibility index (Phi) is 4.97. The van der Waals surface area contributed by atoms with Crippen molar-refractivity contribution >= 4 is 6.16 Å². The van der Waals surface area contributed by atoms with Crippen LogP contribution < -0.4 is 5.43 Å². The van der Waals surface area contributed by atoms with Crippen LogP contribution in [-0.4, -0.2) is 34.5 Å². The summed E-state index contributed by atoms with van der Waals surface area (Å²) in [5.74, 6) is 0. The monoisotopic (exact) mass is 214 g/mol. The first-order chi connectivity index (χ1) is 7.20. The van der Waals surface area contributed by atoms with Crippen LogP contribution in [0.25, 0.3) is 0 Å². The van der Waals surface area contributed by atoms with Gasteiger partial charge in [-0.05, 0) is 32.1 Å². The van der Waals surface area contributed by atoms with Crippen LogP contribution in [0, 0.1) is 0 Å². The largest absolute Gasteiger partial charge is 0.503 e. The number of fused-ring (bicyclic) bond motifs is 1. The van der Waals surface area contributed by atoms with Crippen LogP contribution in [0.1, 0.15) is 32.1 Å². The molecule has 0 amide bonds. The first-order valence-corrected chi connectivity index (χ1v) is 5.32. The lowest BCUT2D eigenvalue weighted by Crippen LogP contribution is -2.38. The zero-order chi connectivity index (χ0) is 11.1. The van der Waals surface area contributed by atoms with Gasteiger partial charge in [-0.25, -0.2) is 10.2 Å². The average Bonchev–Trinajstić information content (AvgIpc) is 2.41. The quantitative estimate of drug-likeness (QED) is 0.574. The summed E-state index contributed by atoms with van der Waals surface area (Å²) in [6, 6.07) is 0. The molecule has 0 atom stereocenters. The molecule has 5 heteroatoms. The highest BCUT2D eigenvalue weighted by molar-refractivity contribution is 5.53. The van der Waals surface area contributed by atoms with Crippen molar-refractivity contribution in [3.05, 3.63) is 11.8 Å². The minimum Gasteiger partial charge on any atom is -0.450 e. The second-order valence-corrected chi connectivity index (χ2v) is 3.64. The lowest BCUT2D eigenvalue weighted by Gasteiger charge is -2.28. The molecular formula is C10H18N2O3. The number of hydrazine groups is 1. The molecule has 2 aliphatic rings. The van der Waals surface area contributed by atoms with E-state index in [1.54, 1.807) is 0 Å². The summed E-state index contributed by atoms with van der Waals surface area (Å²) < 4.78 is 0. The van der Waals surface area contributed by atoms with Crippen LogP contribution in [0.5, 0.6) is 0 Å². The topological polar surface area (TPSA) is 72.8 Å². The van der Waals surface area contributed by atoms with Crippen LogP contribution in [0.3, 0.4) is 0 Å². The predicted octanol–water partition coefficient (Wildman–Crippen LogP) is 1.88. The van der Waals surface area contributed by atoms with Crippen molar-refractivity contribution in [3.63, 3.8) is 0 Å². The zero-order valence-corrected chi connectivity index (χ0v) is 8.78. The number of nitrogens with zero attached hydrogens (tertiary/aromatic N) is 1. The molecule has 0 saturated carbocycles. The molecule has 0 aromatic carbocycles. The second kappa shape index (κ2) is 6.29. The molecule has 0 radical (unpaired) electrons. The standard InChI is InChI=1S/C9H16N2.CH2O3/c1-3-7-10-11-8-4-2-6-9(11)5-1;2-1(3)4/h6,10H,1-5,7-8H2;(H2,2,3,4). The molecule has 0 aliphatic carbocycles. The number of hydrogen-bond donors (Lipinski definition) is 3. The van der Waals surface area contributed by atoms with Crippen LogP contribution in [0.4, 0.5) is 4.79 Å². The summed E-state index contributed by atoms with van der Waals surface area (Å²) in [4.78, 5) is 8.56. The molecule has 0 unspecified atom stereocenters. The van der Waals surface area contributed by atoms with E-state index in [0.29, 0.717) is 0 Å². The minimum absolute atomic E-state index is 1.16. The lowest BCUT2D eigenvalue weighted by molar-refractivity contribution is 0.137. The molecule has 0 bridgehead atoms. The van der Waals surface area contributed by atoms with Gasteiger partial charge >= 0.3 is 6.16 Å². The average molecular weight is 214 g/mol. The first-order valence-electron chi connectivity index (χ1n) is 5.32. The van der Waals surface area contributed by atoms with E-state index in [2.05, 4.69) is 16.5 Å². The molecular weight excluding hydrogens is 196 g/mol. The molecule has 86 valence electrons. The Morgan fingerprint density at radius 3 is 2.80 bits per heavy atom. The van der Waals surface area contributed by atoms with E-state index in [9.17, 15) is 0 Å². The van der Waals surface area contributed by atoms with E-state index in [1.807, 2.05) is 0 Å². The van der Waals surface area contributed by atoms with Crippen molar-refractivity contribution < 1.29 is 15.0 Å². The third-order valence-corrected chi connectivity index (χ3v) is 2.47. The van der Waals surface area contributed by atoms with Crippen molar-refractivity contribution in [1.29, 1.82) is 0 Å². The maximum Gasteiger partial charge on any atom is 0.503 e. The Morgan fingerprint density at radius 2 is 2.07 bits per heavy atom. The molecule has 5 nitrogen and oxygen atoms in total. The van der Waals surface area contributed by atoms with Crippen molar-refractivity contribution in [3.8, 4) is 0 Å². The highest BCUT2D eigenvalue weighted by Gasteiger charge is 2.14. The second-order valence-electron chi connectivity index (χ2n) is 3.64. The number of hydrogen-bond acceptors (Lipinski definition) is 3. The molecule has 2 aliphatic heterocycles. The van der Waals surface area contributed by atoms with Gasteiger partial charge in [-0.1, -0.05) is 6.08 Å². The van der Waals surface area contributed by atoms with Gasteiger partial charge < -0.3 is 15.2 Å². The highest BCUT2D eigenvalue weighted by atomic mass is 16.6. The molecule has 0 spiro atoms. The van der Waals surface area contributed by atoms with Gasteiger partial charge in [0.1, 0.15) is 0 Å². The zero-order valence-electron chi connectivity index (χ0n) is 8.78. The fourth-order valence-corrected chi connectivity index (χ4v) is 1.83. The van der Waals surface area contributed by atoms with Gasteiger partial charge in [0, 0.05) is 18.8 Å². The molecule has 2 rings (SSSR count). The summed E-state index contributed by atoms with van der Waals surface area (Å²) in [6.07, 6.45) is 7.13. The molecule has 1 saturated heterocycles. The van der Waals surface area contributed by atoms with Crippen LogP contribution in [-0.2, 0) is 0 Å². The molecule has 2 heterocycles. The summed E-state index contributed by atoms with van der Waals surface area (Å²) in [7, 11) is 0. The summed E-state index contributed by atoms with van der Waals surface area (Å²) in [5, 5.41) is 16.3. The Morgan fingerprint density at radius 1 is 1.33 bits per heavy atom. The molecule has 1 fully saturated rings. The third-order valence-electron chi connectivity index (χ3n) is 2.47. The lowest BCUT2D eigenvalue weighted by atomic mass is 10.1. The van der Waals surface area contributed by atoms with Crippen LogP contribution in [0.2, 0.25) is 0 Å². The van der Waals surface area contributed by atoms with Crippen molar-refractivity contribution in [1.82, 2.24) is 10.4 Å². The van der Waals surface area contributed by atoms with Gasteiger partial charge in [-0.2, -0.15) is 0 Å². The van der Waals surface area contributed by atoms with E-state index >= 15 is 0 Å². The Balaban J connectivity index is 0.000000245. The fraction of sp³-hybridized carbons (Fsp3) is 0.700. The van der Waals surface area contributed by atoms with Crippen LogP contribution >= 0.6 is 0 Å². The van der Waals surface area contributed by atoms with E-state index in [4.69, 9.17) is 15.0 Å². The first kappa shape index (κ1) is 11.8. The molecule has 0 aromatic heterocycles. The number of allylic oxidation sites excluding steroid dienone is 2. The maximum atomic E-state index is 8.56. The Labute approximate surface area is 89.4 Å². The SMILES string of the molecule is C1=C2CCCCNN2CCC1.O=C(O)O.